The molecule has 2 aromatic carbocycles. The van der Waals surface area contributed by atoms with Crippen molar-refractivity contribution in [2.75, 3.05) is 12.4 Å². The molecule has 0 heterocycles. The zero-order valence-corrected chi connectivity index (χ0v) is 17.6. The number of halogens is 2. The van der Waals surface area contributed by atoms with Gasteiger partial charge in [0.25, 0.3) is 0 Å². The number of rotatable bonds is 9. The molecule has 0 aromatic heterocycles. The number of benzene rings is 2. The highest BCUT2D eigenvalue weighted by molar-refractivity contribution is 9.09. The molecule has 0 radical (unpaired) electrons. The Morgan fingerprint density at radius 3 is 2.15 bits per heavy atom. The first-order chi connectivity index (χ1) is 13.0. The van der Waals surface area contributed by atoms with Gasteiger partial charge in [-0.15, -0.1) is 0 Å². The first-order valence-corrected chi connectivity index (χ1v) is 10.3. The van der Waals surface area contributed by atoms with E-state index in [2.05, 4.69) is 21.2 Å². The number of alkyl halides is 1. The quantitative estimate of drug-likeness (QED) is 0.426. The van der Waals surface area contributed by atoms with Crippen molar-refractivity contribution in [3.05, 3.63) is 64.7 Å². The molecular weight excluding hydrogens is 430 g/mol. The average molecular weight is 453 g/mol. The van der Waals surface area contributed by atoms with E-state index >= 15 is 0 Å². The molecule has 0 fully saturated rings. The van der Waals surface area contributed by atoms with Gasteiger partial charge in [-0.25, -0.2) is 0 Å². The lowest BCUT2D eigenvalue weighted by Gasteiger charge is -2.18. The summed E-state index contributed by atoms with van der Waals surface area (Å²) in [6.45, 7) is 0. The van der Waals surface area contributed by atoms with Crippen molar-refractivity contribution in [3.63, 3.8) is 0 Å². The molecule has 2 rings (SSSR count). The molecule has 2 amide bonds. The number of nitrogens with one attached hydrogen (secondary N) is 1. The van der Waals surface area contributed by atoms with Gasteiger partial charge in [0.1, 0.15) is 5.75 Å². The molecule has 0 aliphatic heterocycles. The summed E-state index contributed by atoms with van der Waals surface area (Å²) in [5.41, 5.74) is 1.55. The first-order valence-electron chi connectivity index (χ1n) is 8.84. The fraction of sp³-hybridized carbons (Fsp3) is 0.333. The average Bonchev–Trinajstić information content (AvgIpc) is 2.67. The Hall–Kier alpha value is -1.85. The molecule has 0 saturated heterocycles. The van der Waals surface area contributed by atoms with Crippen molar-refractivity contribution in [2.24, 2.45) is 0 Å². The Bertz CT molecular complexity index is 747. The normalized spacial score (nSPS) is 11.7. The maximum Gasteiger partial charge on any atom is 0.238 e. The summed E-state index contributed by atoms with van der Waals surface area (Å²) in [6, 6.07) is 14.3. The number of imide groups is 1. The van der Waals surface area contributed by atoms with Crippen LogP contribution in [0, 0.1) is 0 Å². The fourth-order valence-corrected chi connectivity index (χ4v) is 3.30. The minimum Gasteiger partial charge on any atom is -0.497 e. The predicted octanol–water partition coefficient (Wildman–Crippen LogP) is 5.08. The van der Waals surface area contributed by atoms with Crippen LogP contribution in [0.4, 0.5) is 0 Å². The van der Waals surface area contributed by atoms with Crippen LogP contribution in [-0.4, -0.2) is 24.3 Å². The van der Waals surface area contributed by atoms with Crippen LogP contribution in [0.25, 0.3) is 0 Å². The van der Waals surface area contributed by atoms with Gasteiger partial charge in [-0.1, -0.05) is 58.2 Å². The third-order valence-electron chi connectivity index (χ3n) is 4.21. The van der Waals surface area contributed by atoms with Gasteiger partial charge in [-0.2, -0.15) is 0 Å². The third kappa shape index (κ3) is 6.67. The van der Waals surface area contributed by atoms with Crippen molar-refractivity contribution in [1.82, 2.24) is 5.32 Å². The Kier molecular flexibility index (Phi) is 8.82. The van der Waals surface area contributed by atoms with Gasteiger partial charge in [0.05, 0.1) is 13.0 Å². The monoisotopic (exact) mass is 451 g/mol. The lowest BCUT2D eigenvalue weighted by atomic mass is 9.90. The van der Waals surface area contributed by atoms with Gasteiger partial charge in [0, 0.05) is 16.8 Å². The smallest absolute Gasteiger partial charge is 0.238 e. The van der Waals surface area contributed by atoms with E-state index in [9.17, 15) is 9.59 Å². The molecule has 1 atom stereocenters. The second-order valence-electron chi connectivity index (χ2n) is 6.17. The number of methoxy groups -OCH3 is 1. The van der Waals surface area contributed by atoms with Gasteiger partial charge >= 0.3 is 0 Å². The lowest BCUT2D eigenvalue weighted by molar-refractivity contribution is -0.130. The molecule has 144 valence electrons. The zero-order valence-electron chi connectivity index (χ0n) is 15.2. The van der Waals surface area contributed by atoms with Crippen LogP contribution in [-0.2, 0) is 9.59 Å². The van der Waals surface area contributed by atoms with Crippen molar-refractivity contribution >= 4 is 39.3 Å². The summed E-state index contributed by atoms with van der Waals surface area (Å²) in [5, 5.41) is 4.06. The SMILES string of the molecule is COc1ccc(C(C(=O)NC(=O)CCCCCBr)c2ccc(Cl)cc2)cc1. The van der Waals surface area contributed by atoms with Crippen LogP contribution in [0.3, 0.4) is 0 Å². The molecule has 0 aliphatic rings. The highest BCUT2D eigenvalue weighted by Crippen LogP contribution is 2.28. The fourth-order valence-electron chi connectivity index (χ4n) is 2.78. The highest BCUT2D eigenvalue weighted by atomic mass is 79.9. The maximum absolute atomic E-state index is 12.9. The van der Waals surface area contributed by atoms with E-state index in [0.29, 0.717) is 17.2 Å². The van der Waals surface area contributed by atoms with E-state index in [1.807, 2.05) is 12.1 Å². The molecule has 0 aliphatic carbocycles. The molecule has 1 N–H and O–H groups in total. The van der Waals surface area contributed by atoms with E-state index in [4.69, 9.17) is 16.3 Å². The predicted molar refractivity (Wildman–Crippen MR) is 112 cm³/mol. The molecule has 0 spiro atoms. The van der Waals surface area contributed by atoms with Gasteiger partial charge in [-0.3, -0.25) is 14.9 Å². The highest BCUT2D eigenvalue weighted by Gasteiger charge is 2.24. The number of unbranched alkanes of at least 4 members (excludes halogenated alkanes) is 2. The van der Waals surface area contributed by atoms with E-state index < -0.39 is 5.92 Å². The Morgan fingerprint density at radius 1 is 1.00 bits per heavy atom. The van der Waals surface area contributed by atoms with Crippen molar-refractivity contribution in [2.45, 2.75) is 31.6 Å². The largest absolute Gasteiger partial charge is 0.497 e. The number of hydrogen-bond donors (Lipinski definition) is 1. The lowest BCUT2D eigenvalue weighted by Crippen LogP contribution is -2.35. The molecule has 0 saturated carbocycles. The number of carbonyl (C=O) groups is 2. The van der Waals surface area contributed by atoms with Crippen LogP contribution in [0.1, 0.15) is 42.7 Å². The van der Waals surface area contributed by atoms with Crippen LogP contribution in [0.2, 0.25) is 5.02 Å². The summed E-state index contributed by atoms with van der Waals surface area (Å²) in [7, 11) is 1.59. The minimum absolute atomic E-state index is 0.248. The number of carbonyl (C=O) groups excluding carboxylic acids is 2. The molecule has 1 unspecified atom stereocenters. The van der Waals surface area contributed by atoms with E-state index in [1.165, 1.54) is 0 Å². The minimum atomic E-state index is -0.598. The second-order valence-corrected chi connectivity index (χ2v) is 7.40. The van der Waals surface area contributed by atoms with E-state index in [1.54, 1.807) is 43.5 Å². The van der Waals surface area contributed by atoms with Crippen LogP contribution >= 0.6 is 27.5 Å². The Balaban J connectivity index is 2.17. The summed E-state index contributed by atoms with van der Waals surface area (Å²) >= 11 is 9.34. The Labute approximate surface area is 173 Å². The molecule has 0 bridgehead atoms. The van der Waals surface area contributed by atoms with E-state index in [-0.39, 0.29) is 11.8 Å². The Morgan fingerprint density at radius 2 is 1.59 bits per heavy atom. The first kappa shape index (κ1) is 21.5. The van der Waals surface area contributed by atoms with Crippen molar-refractivity contribution in [3.8, 4) is 5.75 Å². The van der Waals surface area contributed by atoms with Gasteiger partial charge in [-0.05, 0) is 48.2 Å². The zero-order chi connectivity index (χ0) is 19.6. The molecule has 27 heavy (non-hydrogen) atoms. The second kappa shape index (κ2) is 11.1. The van der Waals surface area contributed by atoms with Crippen LogP contribution < -0.4 is 10.1 Å². The van der Waals surface area contributed by atoms with Gasteiger partial charge in [0.15, 0.2) is 0 Å². The maximum atomic E-state index is 12.9. The number of ether oxygens (including phenoxy) is 1. The van der Waals surface area contributed by atoms with Crippen molar-refractivity contribution < 1.29 is 14.3 Å². The molecule has 6 heteroatoms. The number of hydrogen-bond acceptors (Lipinski definition) is 3. The van der Waals surface area contributed by atoms with E-state index in [0.717, 1.165) is 35.7 Å². The van der Waals surface area contributed by atoms with Gasteiger partial charge in [0.2, 0.25) is 11.8 Å². The molecule has 2 aromatic rings. The summed E-state index contributed by atoms with van der Waals surface area (Å²) in [5.74, 6) is -0.480. The van der Waals surface area contributed by atoms with Crippen LogP contribution in [0.5, 0.6) is 5.75 Å². The molecule has 4 nitrogen and oxygen atoms in total. The summed E-state index contributed by atoms with van der Waals surface area (Å²) < 4.78 is 5.18. The molecular formula is C21H23BrClNO3. The summed E-state index contributed by atoms with van der Waals surface area (Å²) in [4.78, 5) is 25.0. The van der Waals surface area contributed by atoms with Crippen LogP contribution in [0.15, 0.2) is 48.5 Å². The number of amides is 2. The topological polar surface area (TPSA) is 55.4 Å². The standard InChI is InChI=1S/C21H23BrClNO3/c1-27-18-12-8-16(9-13-18)20(15-6-10-17(23)11-7-15)21(26)24-19(25)5-3-2-4-14-22/h6-13,20H,2-5,14H2,1H3,(H,24,25,26). The third-order valence-corrected chi connectivity index (χ3v) is 5.03. The summed E-state index contributed by atoms with van der Waals surface area (Å²) in [6.07, 6.45) is 3.07. The van der Waals surface area contributed by atoms with Gasteiger partial charge < -0.3 is 4.74 Å². The van der Waals surface area contributed by atoms with Crippen molar-refractivity contribution in [1.29, 1.82) is 0 Å².